The highest BCUT2D eigenvalue weighted by Gasteiger charge is 2.44. The van der Waals surface area contributed by atoms with Gasteiger partial charge in [0.25, 0.3) is 0 Å². The topological polar surface area (TPSA) is 152 Å². The van der Waals surface area contributed by atoms with E-state index in [9.17, 15) is 28.8 Å². The molecule has 1 aliphatic carbocycles. The van der Waals surface area contributed by atoms with E-state index in [1.165, 1.54) is 42.5 Å². The summed E-state index contributed by atoms with van der Waals surface area (Å²) in [4.78, 5) is 11.2. The van der Waals surface area contributed by atoms with Crippen molar-refractivity contribution in [3.8, 4) is 17.2 Å². The van der Waals surface area contributed by atoms with Crippen LogP contribution in [-0.2, 0) is 31.6 Å². The quantitative estimate of drug-likeness (QED) is 0.0873. The molecule has 0 aliphatic heterocycles. The molecular formula is C38H44O10S. The van der Waals surface area contributed by atoms with Crippen LogP contribution in [-0.4, -0.2) is 66.5 Å². The lowest BCUT2D eigenvalue weighted by molar-refractivity contribution is -0.332. The van der Waals surface area contributed by atoms with Crippen LogP contribution in [0.3, 0.4) is 0 Å². The number of hydrogen-bond acceptors (Lipinski definition) is 10. The van der Waals surface area contributed by atoms with Crippen LogP contribution in [0.4, 0.5) is 0 Å². The van der Waals surface area contributed by atoms with Gasteiger partial charge < -0.3 is 29.9 Å². The Balaban J connectivity index is 1.38. The Morgan fingerprint density at radius 3 is 1.88 bits per heavy atom. The van der Waals surface area contributed by atoms with Crippen LogP contribution in [0.25, 0.3) is 0 Å². The van der Waals surface area contributed by atoms with Crippen molar-refractivity contribution in [2.24, 2.45) is 0 Å². The maximum atomic E-state index is 13.2. The molecule has 0 aromatic heterocycles. The number of methoxy groups -OCH3 is 1. The van der Waals surface area contributed by atoms with E-state index >= 15 is 0 Å². The summed E-state index contributed by atoms with van der Waals surface area (Å²) in [6.45, 7) is 7.97. The minimum atomic E-state index is -3.77. The van der Waals surface area contributed by atoms with Crippen molar-refractivity contribution in [3.05, 3.63) is 113 Å². The number of aryl methyl sites for hydroxylation is 2. The van der Waals surface area contributed by atoms with Gasteiger partial charge in [-0.2, -0.15) is 0 Å². The fraction of sp³-hybridized carbons (Fsp3) is 0.368. The normalized spacial score (nSPS) is 21.4. The first-order valence-corrected chi connectivity index (χ1v) is 17.5. The fourth-order valence-electron chi connectivity index (χ4n) is 5.92. The van der Waals surface area contributed by atoms with Gasteiger partial charge in [-0.25, -0.2) is 18.2 Å². The van der Waals surface area contributed by atoms with Gasteiger partial charge in [-0.1, -0.05) is 38.1 Å². The first-order valence-electron chi connectivity index (χ1n) is 16.0. The minimum absolute atomic E-state index is 0.0834. The smallest absolute Gasteiger partial charge is 0.206 e. The Labute approximate surface area is 287 Å². The average Bonchev–Trinajstić information content (AvgIpc) is 3.07. The van der Waals surface area contributed by atoms with Crippen molar-refractivity contribution in [1.82, 2.24) is 0 Å². The second kappa shape index (κ2) is 14.6. The highest BCUT2D eigenvalue weighted by atomic mass is 32.2. The third-order valence-electron chi connectivity index (χ3n) is 9.33. The number of rotatable bonds is 12. The zero-order chi connectivity index (χ0) is 35.6. The van der Waals surface area contributed by atoms with Gasteiger partial charge >= 0.3 is 0 Å². The predicted molar refractivity (Wildman–Crippen MR) is 182 cm³/mol. The monoisotopic (exact) mass is 692 g/mol. The second-order valence-corrected chi connectivity index (χ2v) is 15.2. The molecule has 4 aromatic carbocycles. The number of aliphatic hydroxyl groups excluding tert-OH is 3. The van der Waals surface area contributed by atoms with E-state index in [1.54, 1.807) is 24.3 Å². The Kier molecular flexibility index (Phi) is 10.9. The summed E-state index contributed by atoms with van der Waals surface area (Å²) >= 11 is 0. The number of ether oxygens (including phenoxy) is 2. The van der Waals surface area contributed by atoms with Gasteiger partial charge in [0.1, 0.15) is 36.6 Å². The molecule has 1 saturated carbocycles. The third-order valence-corrected chi connectivity index (χ3v) is 11.1. The molecule has 1 fully saturated rings. The summed E-state index contributed by atoms with van der Waals surface area (Å²) in [5.74, 6) is 1.40. The molecule has 5 rings (SSSR count). The van der Waals surface area contributed by atoms with Crippen LogP contribution >= 0.6 is 0 Å². The SMILES string of the molecule is COc1ccc(S(=O)(=O)c2ccc(Oc3ccc(C(C)(C)c4ccc(C)c(C)c4)cc3COOCC3(O)C[C@@H](O)C(O)[C@H](O)C3)cc2)cc1. The van der Waals surface area contributed by atoms with Crippen LogP contribution in [0.1, 0.15) is 54.5 Å². The standard InChI is InChI=1S/C38H44O10S/c1-24-6-7-27(18-25(24)2)37(3,4)28-8-17-35(26(19-28)22-46-47-23-38(42)20-33(39)36(41)34(40)21-38)48-30-11-15-32(16-12-30)49(43,44)31-13-9-29(45-5)10-14-31/h6-19,33-34,36,39-42H,20-23H2,1-5H3/t33-,34-,36?,38?/m1/s1. The number of sulfone groups is 1. The van der Waals surface area contributed by atoms with Crippen molar-refractivity contribution in [3.63, 3.8) is 0 Å². The van der Waals surface area contributed by atoms with E-state index in [0.29, 0.717) is 22.8 Å². The molecule has 0 heterocycles. The van der Waals surface area contributed by atoms with E-state index in [4.69, 9.17) is 19.2 Å². The zero-order valence-electron chi connectivity index (χ0n) is 28.3. The Hall–Kier alpha value is -3.81. The highest BCUT2D eigenvalue weighted by molar-refractivity contribution is 7.91. The summed E-state index contributed by atoms with van der Waals surface area (Å²) in [5.41, 5.74) is 3.12. The molecule has 0 amide bonds. The Bertz CT molecular complexity index is 1840. The molecule has 10 nitrogen and oxygen atoms in total. The van der Waals surface area contributed by atoms with E-state index in [0.717, 1.165) is 11.1 Å². The van der Waals surface area contributed by atoms with Gasteiger partial charge in [-0.15, -0.1) is 0 Å². The highest BCUT2D eigenvalue weighted by Crippen LogP contribution is 2.37. The fourth-order valence-corrected chi connectivity index (χ4v) is 7.18. The molecule has 262 valence electrons. The lowest BCUT2D eigenvalue weighted by Gasteiger charge is -2.39. The lowest BCUT2D eigenvalue weighted by atomic mass is 9.77. The van der Waals surface area contributed by atoms with Gasteiger partial charge in [0.15, 0.2) is 0 Å². The maximum Gasteiger partial charge on any atom is 0.206 e. The van der Waals surface area contributed by atoms with Crippen molar-refractivity contribution >= 4 is 9.84 Å². The summed E-state index contributed by atoms with van der Waals surface area (Å²) in [6, 6.07) is 24.4. The van der Waals surface area contributed by atoms with Gasteiger partial charge in [0, 0.05) is 23.8 Å². The molecule has 49 heavy (non-hydrogen) atoms. The van der Waals surface area contributed by atoms with Gasteiger partial charge in [-0.3, -0.25) is 0 Å². The van der Waals surface area contributed by atoms with Gasteiger partial charge in [0.2, 0.25) is 9.84 Å². The van der Waals surface area contributed by atoms with E-state index in [1.807, 2.05) is 18.2 Å². The largest absolute Gasteiger partial charge is 0.497 e. The summed E-state index contributed by atoms with van der Waals surface area (Å²) in [6.07, 6.45) is -4.33. The van der Waals surface area contributed by atoms with Crippen LogP contribution in [0.2, 0.25) is 0 Å². The van der Waals surface area contributed by atoms with Crippen LogP contribution in [0.5, 0.6) is 17.2 Å². The van der Waals surface area contributed by atoms with Gasteiger partial charge in [0.05, 0.1) is 34.7 Å². The number of hydrogen-bond donors (Lipinski definition) is 4. The number of benzene rings is 4. The molecular weight excluding hydrogens is 648 g/mol. The van der Waals surface area contributed by atoms with E-state index in [2.05, 4.69) is 45.9 Å². The summed E-state index contributed by atoms with van der Waals surface area (Å²) < 4.78 is 37.8. The summed E-state index contributed by atoms with van der Waals surface area (Å²) in [7, 11) is -2.26. The van der Waals surface area contributed by atoms with E-state index < -0.39 is 39.2 Å². The van der Waals surface area contributed by atoms with E-state index in [-0.39, 0.29) is 35.8 Å². The molecule has 2 atom stereocenters. The molecule has 4 aromatic rings. The molecule has 0 unspecified atom stereocenters. The molecule has 0 spiro atoms. The number of aliphatic hydroxyl groups is 4. The van der Waals surface area contributed by atoms with Gasteiger partial charge in [-0.05, 0) is 96.8 Å². The van der Waals surface area contributed by atoms with Crippen molar-refractivity contribution in [2.75, 3.05) is 13.7 Å². The zero-order valence-corrected chi connectivity index (χ0v) is 29.1. The first kappa shape index (κ1) is 36.5. The van der Waals surface area contributed by atoms with Crippen LogP contribution in [0, 0.1) is 13.8 Å². The summed E-state index contributed by atoms with van der Waals surface area (Å²) in [5, 5.41) is 40.8. The van der Waals surface area contributed by atoms with Crippen molar-refractivity contribution in [1.29, 1.82) is 0 Å². The average molecular weight is 693 g/mol. The van der Waals surface area contributed by atoms with Crippen LogP contribution in [0.15, 0.2) is 94.7 Å². The maximum absolute atomic E-state index is 13.2. The predicted octanol–water partition coefficient (Wildman–Crippen LogP) is 5.32. The molecule has 11 heteroatoms. The van der Waals surface area contributed by atoms with Crippen molar-refractivity contribution < 1.29 is 48.1 Å². The van der Waals surface area contributed by atoms with Crippen LogP contribution < -0.4 is 9.47 Å². The minimum Gasteiger partial charge on any atom is -0.497 e. The molecule has 1 aliphatic rings. The van der Waals surface area contributed by atoms with Crippen molar-refractivity contribution in [2.45, 2.75) is 86.3 Å². The molecule has 0 bridgehead atoms. The molecule has 0 radical (unpaired) electrons. The Morgan fingerprint density at radius 1 is 0.755 bits per heavy atom. The molecule has 0 saturated heterocycles. The Morgan fingerprint density at radius 2 is 1.31 bits per heavy atom. The molecule has 4 N–H and O–H groups in total. The first-order chi connectivity index (χ1) is 23.1. The third kappa shape index (κ3) is 8.16. The lowest BCUT2D eigenvalue weighted by Crippen LogP contribution is -2.54. The second-order valence-electron chi connectivity index (χ2n) is 13.3.